The largest absolute Gasteiger partial charge is 0.254 e. The van der Waals surface area contributed by atoms with Crippen LogP contribution in [-0.2, 0) is 5.41 Å². The number of fused-ring (bicyclic) bond motifs is 8. The van der Waals surface area contributed by atoms with E-state index < -0.39 is 0 Å². The number of hydrogen-bond donors (Lipinski definition) is 0. The Morgan fingerprint density at radius 2 is 1.86 bits per heavy atom. The fourth-order valence-corrected chi connectivity index (χ4v) is 4.97. The zero-order chi connectivity index (χ0) is 15.1. The molecular weight excluding hydrogens is 268 g/mol. The van der Waals surface area contributed by atoms with E-state index in [0.29, 0.717) is 11.3 Å². The Balaban J connectivity index is 1.91. The molecular formula is C20H20N2. The van der Waals surface area contributed by atoms with Gasteiger partial charge in [-0.3, -0.25) is 4.98 Å². The third-order valence-electron chi connectivity index (χ3n) is 6.71. The van der Waals surface area contributed by atoms with Crippen molar-refractivity contribution in [3.63, 3.8) is 0 Å². The summed E-state index contributed by atoms with van der Waals surface area (Å²) in [6.07, 6.45) is 4.43. The Morgan fingerprint density at radius 3 is 2.73 bits per heavy atom. The molecule has 2 aliphatic carbocycles. The molecule has 2 aliphatic rings. The fourth-order valence-electron chi connectivity index (χ4n) is 4.97. The van der Waals surface area contributed by atoms with E-state index in [1.54, 1.807) is 0 Å². The molecule has 22 heavy (non-hydrogen) atoms. The van der Waals surface area contributed by atoms with Crippen LogP contribution in [-0.4, -0.2) is 9.97 Å². The third kappa shape index (κ3) is 1.24. The summed E-state index contributed by atoms with van der Waals surface area (Å²) >= 11 is 0. The summed E-state index contributed by atoms with van der Waals surface area (Å²) in [6.45, 7) is 7.26. The maximum absolute atomic E-state index is 5.17. The highest BCUT2D eigenvalue weighted by Gasteiger charge is 2.60. The van der Waals surface area contributed by atoms with Gasteiger partial charge >= 0.3 is 0 Å². The van der Waals surface area contributed by atoms with Gasteiger partial charge in [0.05, 0.1) is 16.7 Å². The lowest BCUT2D eigenvalue weighted by molar-refractivity contribution is 0.227. The van der Waals surface area contributed by atoms with Crippen LogP contribution in [0.15, 0.2) is 36.5 Å². The van der Waals surface area contributed by atoms with E-state index >= 15 is 0 Å². The molecule has 2 unspecified atom stereocenters. The predicted molar refractivity (Wildman–Crippen MR) is 90.2 cm³/mol. The summed E-state index contributed by atoms with van der Waals surface area (Å²) in [5.41, 5.74) is 5.44. The topological polar surface area (TPSA) is 25.8 Å². The maximum atomic E-state index is 5.17. The average molecular weight is 288 g/mol. The molecule has 1 fully saturated rings. The van der Waals surface area contributed by atoms with Crippen LogP contribution in [0.1, 0.15) is 50.8 Å². The highest BCUT2D eigenvalue weighted by atomic mass is 14.8. The van der Waals surface area contributed by atoms with E-state index in [-0.39, 0.29) is 5.41 Å². The summed E-state index contributed by atoms with van der Waals surface area (Å²) in [5.74, 6) is 0.656. The SMILES string of the molecule is CC12CCC(c3cc4ccc5cccnc5c4nc31)C2(C)C. The van der Waals surface area contributed by atoms with Crippen LogP contribution in [0.4, 0.5) is 0 Å². The van der Waals surface area contributed by atoms with E-state index in [2.05, 4.69) is 50.0 Å². The Bertz CT molecular complexity index is 941. The lowest BCUT2D eigenvalue weighted by atomic mass is 9.70. The van der Waals surface area contributed by atoms with Crippen LogP contribution < -0.4 is 0 Å². The first-order chi connectivity index (χ1) is 10.5. The molecule has 1 aromatic carbocycles. The molecule has 0 saturated heterocycles. The van der Waals surface area contributed by atoms with Crippen LogP contribution in [0, 0.1) is 5.41 Å². The summed E-state index contributed by atoms with van der Waals surface area (Å²) in [4.78, 5) is 9.76. The van der Waals surface area contributed by atoms with Gasteiger partial charge < -0.3 is 0 Å². The van der Waals surface area contributed by atoms with Crippen molar-refractivity contribution in [1.29, 1.82) is 0 Å². The second-order valence-electron chi connectivity index (χ2n) is 7.78. The number of rotatable bonds is 0. The lowest BCUT2D eigenvalue weighted by Gasteiger charge is -2.34. The number of aromatic nitrogens is 2. The Kier molecular flexibility index (Phi) is 2.10. The molecule has 2 aromatic heterocycles. The van der Waals surface area contributed by atoms with E-state index in [1.807, 2.05) is 12.3 Å². The zero-order valence-electron chi connectivity index (χ0n) is 13.4. The van der Waals surface area contributed by atoms with Crippen molar-refractivity contribution in [2.24, 2.45) is 5.41 Å². The number of nitrogens with zero attached hydrogens (tertiary/aromatic N) is 2. The minimum atomic E-state index is 0.206. The van der Waals surface area contributed by atoms with Crippen LogP contribution in [0.25, 0.3) is 21.8 Å². The zero-order valence-corrected chi connectivity index (χ0v) is 13.4. The van der Waals surface area contributed by atoms with Gasteiger partial charge in [-0.25, -0.2) is 4.98 Å². The van der Waals surface area contributed by atoms with Gasteiger partial charge in [0, 0.05) is 22.4 Å². The molecule has 110 valence electrons. The van der Waals surface area contributed by atoms with Gasteiger partial charge in [0.1, 0.15) is 0 Å². The van der Waals surface area contributed by atoms with Crippen molar-refractivity contribution in [3.05, 3.63) is 47.8 Å². The molecule has 0 radical (unpaired) electrons. The Hall–Kier alpha value is -1.96. The van der Waals surface area contributed by atoms with Gasteiger partial charge in [0.2, 0.25) is 0 Å². The van der Waals surface area contributed by atoms with Gasteiger partial charge in [-0.2, -0.15) is 0 Å². The summed E-state index contributed by atoms with van der Waals surface area (Å²) in [6, 6.07) is 10.9. The van der Waals surface area contributed by atoms with Crippen molar-refractivity contribution < 1.29 is 0 Å². The summed E-state index contributed by atoms with van der Waals surface area (Å²) < 4.78 is 0. The molecule has 0 spiro atoms. The quantitative estimate of drug-likeness (QED) is 0.546. The molecule has 2 heterocycles. The summed E-state index contributed by atoms with van der Waals surface area (Å²) in [5, 5.41) is 2.41. The third-order valence-corrected chi connectivity index (χ3v) is 6.71. The molecule has 2 nitrogen and oxygen atoms in total. The molecule has 5 rings (SSSR count). The van der Waals surface area contributed by atoms with Crippen molar-refractivity contribution >= 4 is 21.8 Å². The molecule has 3 aromatic rings. The van der Waals surface area contributed by atoms with E-state index in [4.69, 9.17) is 4.98 Å². The highest BCUT2D eigenvalue weighted by molar-refractivity contribution is 6.03. The number of benzene rings is 1. The van der Waals surface area contributed by atoms with E-state index in [0.717, 1.165) is 11.0 Å². The Morgan fingerprint density at radius 1 is 1.05 bits per heavy atom. The van der Waals surface area contributed by atoms with Crippen molar-refractivity contribution in [2.75, 3.05) is 0 Å². The average Bonchev–Trinajstić information content (AvgIpc) is 2.85. The van der Waals surface area contributed by atoms with Gasteiger partial charge in [-0.15, -0.1) is 0 Å². The second kappa shape index (κ2) is 3.68. The van der Waals surface area contributed by atoms with Crippen LogP contribution in [0.2, 0.25) is 0 Å². The predicted octanol–water partition coefficient (Wildman–Crippen LogP) is 4.96. The molecule has 0 amide bonds. The normalized spacial score (nSPS) is 28.4. The van der Waals surface area contributed by atoms with Gasteiger partial charge in [0.25, 0.3) is 0 Å². The number of hydrogen-bond acceptors (Lipinski definition) is 2. The van der Waals surface area contributed by atoms with Crippen molar-refractivity contribution in [1.82, 2.24) is 9.97 Å². The highest BCUT2D eigenvalue weighted by Crippen LogP contribution is 2.67. The fraction of sp³-hybridized carbons (Fsp3) is 0.400. The van der Waals surface area contributed by atoms with E-state index in [9.17, 15) is 0 Å². The van der Waals surface area contributed by atoms with Crippen LogP contribution in [0.3, 0.4) is 0 Å². The molecule has 2 bridgehead atoms. The minimum absolute atomic E-state index is 0.206. The molecule has 1 saturated carbocycles. The van der Waals surface area contributed by atoms with Crippen molar-refractivity contribution in [3.8, 4) is 0 Å². The van der Waals surface area contributed by atoms with Crippen LogP contribution in [0.5, 0.6) is 0 Å². The van der Waals surface area contributed by atoms with E-state index in [1.165, 1.54) is 34.9 Å². The minimum Gasteiger partial charge on any atom is -0.254 e. The van der Waals surface area contributed by atoms with Crippen LogP contribution >= 0.6 is 0 Å². The molecule has 0 N–H and O–H groups in total. The summed E-state index contributed by atoms with van der Waals surface area (Å²) in [7, 11) is 0. The first-order valence-electron chi connectivity index (χ1n) is 8.21. The first-order valence-corrected chi connectivity index (χ1v) is 8.21. The molecule has 2 heteroatoms. The first kappa shape index (κ1) is 12.6. The van der Waals surface area contributed by atoms with Gasteiger partial charge in [-0.1, -0.05) is 39.0 Å². The second-order valence-corrected chi connectivity index (χ2v) is 7.78. The van der Waals surface area contributed by atoms with Crippen molar-refractivity contribution in [2.45, 2.75) is 44.9 Å². The van der Waals surface area contributed by atoms with Gasteiger partial charge in [0.15, 0.2) is 0 Å². The lowest BCUT2D eigenvalue weighted by Crippen LogP contribution is -2.31. The number of pyridine rings is 2. The smallest absolute Gasteiger partial charge is 0.0968 e. The monoisotopic (exact) mass is 288 g/mol. The van der Waals surface area contributed by atoms with Gasteiger partial charge in [-0.05, 0) is 41.9 Å². The molecule has 0 aliphatic heterocycles. The molecule has 2 atom stereocenters. The maximum Gasteiger partial charge on any atom is 0.0968 e. The Labute approximate surface area is 130 Å². The standard InChI is InChI=1S/C20H20N2/c1-19(2)15-8-9-20(19,3)18-14(15)11-13-7-6-12-5-4-10-21-16(12)17(13)22-18/h4-7,10-11,15H,8-9H2,1-3H3.